The topological polar surface area (TPSA) is 39.1 Å². The van der Waals surface area contributed by atoms with Gasteiger partial charge in [0.2, 0.25) is 0 Å². The molecule has 0 aliphatic carbocycles. The van der Waals surface area contributed by atoms with Gasteiger partial charge in [-0.05, 0) is 19.9 Å². The second-order valence-corrected chi connectivity index (χ2v) is 3.42. The number of rotatable bonds is 3. The largest absolute Gasteiger partial charge is 0.312 e. The van der Waals surface area contributed by atoms with Gasteiger partial charge in [-0.1, -0.05) is 0 Å². The summed E-state index contributed by atoms with van der Waals surface area (Å²) in [5.74, 6) is 0. The van der Waals surface area contributed by atoms with Crippen LogP contribution in [0, 0.1) is 11.3 Å². The number of hydrogen-bond donors (Lipinski definition) is 1. The van der Waals surface area contributed by atoms with Crippen LogP contribution in [0.5, 0.6) is 0 Å². The third-order valence-corrected chi connectivity index (χ3v) is 2.22. The molecule has 0 unspecified atom stereocenters. The maximum atomic E-state index is 8.37. The quantitative estimate of drug-likeness (QED) is 0.625. The highest BCUT2D eigenvalue weighted by Gasteiger charge is 2.13. The minimum Gasteiger partial charge on any atom is -0.312 e. The van der Waals surface area contributed by atoms with Crippen molar-refractivity contribution in [3.05, 3.63) is 0 Å². The molecule has 0 saturated carbocycles. The third-order valence-electron chi connectivity index (χ3n) is 2.22. The molecule has 0 amide bonds. The van der Waals surface area contributed by atoms with Crippen LogP contribution in [0.3, 0.4) is 0 Å². The Morgan fingerprint density at radius 2 is 2.50 bits per heavy atom. The normalized spacial score (nSPS) is 25.2. The molecule has 0 bridgehead atoms. The van der Waals surface area contributed by atoms with Gasteiger partial charge < -0.3 is 10.2 Å². The zero-order chi connectivity index (χ0) is 8.81. The molecule has 1 rings (SSSR count). The van der Waals surface area contributed by atoms with Crippen LogP contribution in [-0.4, -0.2) is 37.1 Å². The van der Waals surface area contributed by atoms with Gasteiger partial charge in [0.05, 0.1) is 6.07 Å². The Hall–Kier alpha value is -0.590. The van der Waals surface area contributed by atoms with E-state index in [1.807, 2.05) is 0 Å². The SMILES string of the molecule is C[C@@H]1CN(CCCC#N)CCN1. The lowest BCUT2D eigenvalue weighted by molar-refractivity contribution is 0.206. The molecule has 1 aliphatic rings. The van der Waals surface area contributed by atoms with Crippen molar-refractivity contribution in [2.24, 2.45) is 0 Å². The van der Waals surface area contributed by atoms with Crippen LogP contribution in [0.4, 0.5) is 0 Å². The van der Waals surface area contributed by atoms with E-state index in [9.17, 15) is 0 Å². The van der Waals surface area contributed by atoms with Gasteiger partial charge in [-0.25, -0.2) is 0 Å². The lowest BCUT2D eigenvalue weighted by Crippen LogP contribution is -2.49. The molecule has 68 valence electrons. The van der Waals surface area contributed by atoms with Crippen molar-refractivity contribution in [3.63, 3.8) is 0 Å². The van der Waals surface area contributed by atoms with Gasteiger partial charge in [-0.3, -0.25) is 0 Å². The molecule has 12 heavy (non-hydrogen) atoms. The average Bonchev–Trinajstić information content (AvgIpc) is 2.05. The molecular weight excluding hydrogens is 150 g/mol. The van der Waals surface area contributed by atoms with Gasteiger partial charge in [0.15, 0.2) is 0 Å². The van der Waals surface area contributed by atoms with Gasteiger partial charge in [0.25, 0.3) is 0 Å². The van der Waals surface area contributed by atoms with E-state index in [0.717, 1.165) is 32.6 Å². The Morgan fingerprint density at radius 3 is 3.17 bits per heavy atom. The second kappa shape index (κ2) is 5.13. The molecule has 3 nitrogen and oxygen atoms in total. The van der Waals surface area contributed by atoms with Crippen molar-refractivity contribution < 1.29 is 0 Å². The first kappa shape index (κ1) is 9.50. The fraction of sp³-hybridized carbons (Fsp3) is 0.889. The number of nitriles is 1. The fourth-order valence-corrected chi connectivity index (χ4v) is 1.60. The van der Waals surface area contributed by atoms with Crippen molar-refractivity contribution in [2.45, 2.75) is 25.8 Å². The summed E-state index contributed by atoms with van der Waals surface area (Å²) >= 11 is 0. The number of nitrogens with zero attached hydrogens (tertiary/aromatic N) is 2. The van der Waals surface area contributed by atoms with E-state index >= 15 is 0 Å². The van der Waals surface area contributed by atoms with Crippen LogP contribution in [0.1, 0.15) is 19.8 Å². The summed E-state index contributed by atoms with van der Waals surface area (Å²) in [6.45, 7) is 6.64. The van der Waals surface area contributed by atoms with Gasteiger partial charge in [-0.2, -0.15) is 5.26 Å². The zero-order valence-corrected chi connectivity index (χ0v) is 7.71. The molecular formula is C9H17N3. The molecule has 1 N–H and O–H groups in total. The van der Waals surface area contributed by atoms with Crippen molar-refractivity contribution in [1.82, 2.24) is 10.2 Å². The third kappa shape index (κ3) is 3.21. The lowest BCUT2D eigenvalue weighted by atomic mass is 10.2. The predicted octanol–water partition coefficient (Wildman–Crippen LogP) is 0.584. The predicted molar refractivity (Wildman–Crippen MR) is 48.8 cm³/mol. The average molecular weight is 167 g/mol. The minimum absolute atomic E-state index is 0.612. The van der Waals surface area contributed by atoms with Gasteiger partial charge in [0, 0.05) is 32.1 Å². The first-order chi connectivity index (χ1) is 5.83. The zero-order valence-electron chi connectivity index (χ0n) is 7.71. The summed E-state index contributed by atoms with van der Waals surface area (Å²) in [5.41, 5.74) is 0. The maximum Gasteiger partial charge on any atom is 0.0622 e. The molecule has 1 fully saturated rings. The Balaban J connectivity index is 2.11. The Bertz CT molecular complexity index is 162. The second-order valence-electron chi connectivity index (χ2n) is 3.42. The van der Waals surface area contributed by atoms with Crippen LogP contribution in [-0.2, 0) is 0 Å². The number of nitrogens with one attached hydrogen (secondary N) is 1. The van der Waals surface area contributed by atoms with Crippen LogP contribution >= 0.6 is 0 Å². The molecule has 0 spiro atoms. The van der Waals surface area contributed by atoms with Crippen LogP contribution in [0.2, 0.25) is 0 Å². The number of piperazine rings is 1. The fourth-order valence-electron chi connectivity index (χ4n) is 1.60. The molecule has 1 saturated heterocycles. The Kier molecular flexibility index (Phi) is 4.06. The van der Waals surface area contributed by atoms with Crippen molar-refractivity contribution in [1.29, 1.82) is 5.26 Å². The van der Waals surface area contributed by atoms with E-state index in [1.165, 1.54) is 0 Å². The molecule has 0 aromatic carbocycles. The summed E-state index contributed by atoms with van der Waals surface area (Å²) in [4.78, 5) is 2.43. The molecule has 3 heteroatoms. The molecule has 0 aromatic heterocycles. The lowest BCUT2D eigenvalue weighted by Gasteiger charge is -2.31. The van der Waals surface area contributed by atoms with Crippen LogP contribution in [0.25, 0.3) is 0 Å². The van der Waals surface area contributed by atoms with E-state index < -0.39 is 0 Å². The van der Waals surface area contributed by atoms with E-state index in [-0.39, 0.29) is 0 Å². The summed E-state index contributed by atoms with van der Waals surface area (Å²) in [6, 6.07) is 2.79. The van der Waals surface area contributed by atoms with Crippen molar-refractivity contribution >= 4 is 0 Å². The summed E-state index contributed by atoms with van der Waals surface area (Å²) in [7, 11) is 0. The minimum atomic E-state index is 0.612. The standard InChI is InChI=1S/C9H17N3/c1-9-8-12(7-5-11-9)6-3-2-4-10/h9,11H,2-3,5-8H2,1H3/t9-/m1/s1. The van der Waals surface area contributed by atoms with Gasteiger partial charge in [-0.15, -0.1) is 0 Å². The van der Waals surface area contributed by atoms with Crippen molar-refractivity contribution in [3.8, 4) is 6.07 Å². The molecule has 1 aliphatic heterocycles. The Labute approximate surface area is 74.4 Å². The number of unbranched alkanes of at least 4 members (excludes halogenated alkanes) is 1. The highest BCUT2D eigenvalue weighted by atomic mass is 15.2. The van der Waals surface area contributed by atoms with Crippen molar-refractivity contribution in [2.75, 3.05) is 26.2 Å². The van der Waals surface area contributed by atoms with Crippen LogP contribution < -0.4 is 5.32 Å². The molecule has 0 aromatic rings. The monoisotopic (exact) mass is 167 g/mol. The van der Waals surface area contributed by atoms with E-state index in [2.05, 4.69) is 23.2 Å². The first-order valence-corrected chi connectivity index (χ1v) is 4.65. The number of hydrogen-bond acceptors (Lipinski definition) is 3. The summed E-state index contributed by atoms with van der Waals surface area (Å²) < 4.78 is 0. The first-order valence-electron chi connectivity index (χ1n) is 4.65. The van der Waals surface area contributed by atoms with Gasteiger partial charge in [0.1, 0.15) is 0 Å². The smallest absolute Gasteiger partial charge is 0.0622 e. The Morgan fingerprint density at radius 1 is 1.67 bits per heavy atom. The molecule has 0 radical (unpaired) electrons. The highest BCUT2D eigenvalue weighted by molar-refractivity contribution is 4.76. The van der Waals surface area contributed by atoms with E-state index in [1.54, 1.807) is 0 Å². The summed E-state index contributed by atoms with van der Waals surface area (Å²) in [6.07, 6.45) is 1.71. The highest BCUT2D eigenvalue weighted by Crippen LogP contribution is 2.00. The van der Waals surface area contributed by atoms with Gasteiger partial charge >= 0.3 is 0 Å². The van der Waals surface area contributed by atoms with E-state index in [0.29, 0.717) is 12.5 Å². The summed E-state index contributed by atoms with van der Waals surface area (Å²) in [5, 5.41) is 11.8. The van der Waals surface area contributed by atoms with E-state index in [4.69, 9.17) is 5.26 Å². The molecule has 1 heterocycles. The maximum absolute atomic E-state index is 8.37. The van der Waals surface area contributed by atoms with Crippen LogP contribution in [0.15, 0.2) is 0 Å². The molecule has 1 atom stereocenters.